The first-order valence-electron chi connectivity index (χ1n) is 12.9. The van der Waals surface area contributed by atoms with Gasteiger partial charge in [0.25, 0.3) is 0 Å². The van der Waals surface area contributed by atoms with Crippen LogP contribution in [0.5, 0.6) is 5.75 Å². The van der Waals surface area contributed by atoms with Gasteiger partial charge in [0.15, 0.2) is 0 Å². The van der Waals surface area contributed by atoms with E-state index in [2.05, 4.69) is 24.0 Å². The first-order valence-corrected chi connectivity index (χ1v) is 13.3. The maximum atomic E-state index is 13.6. The van der Waals surface area contributed by atoms with Crippen LogP contribution in [0, 0.1) is 11.8 Å². The molecule has 2 aromatic carbocycles. The molecule has 4 nitrogen and oxygen atoms in total. The molecule has 190 valence electrons. The van der Waals surface area contributed by atoms with Gasteiger partial charge < -0.3 is 9.84 Å². The van der Waals surface area contributed by atoms with Gasteiger partial charge in [0, 0.05) is 29.4 Å². The lowest BCUT2D eigenvalue weighted by atomic mass is 9.84. The van der Waals surface area contributed by atoms with Crippen molar-refractivity contribution in [1.82, 2.24) is 4.90 Å². The van der Waals surface area contributed by atoms with Gasteiger partial charge in [0.05, 0.1) is 17.0 Å². The number of halogens is 3. The highest BCUT2D eigenvalue weighted by molar-refractivity contribution is 6.37. The second-order valence-corrected chi connectivity index (χ2v) is 11.3. The van der Waals surface area contributed by atoms with Crippen molar-refractivity contribution in [2.24, 2.45) is 11.8 Å². The number of nitrogens with zero attached hydrogens (tertiary/aromatic N) is 1. The average molecular weight is 506 g/mol. The number of carboxylic acids is 1. The summed E-state index contributed by atoms with van der Waals surface area (Å²) in [5.41, 5.74) is 1.20. The fourth-order valence-electron chi connectivity index (χ4n) is 6.73. The van der Waals surface area contributed by atoms with Gasteiger partial charge in [-0.2, -0.15) is 0 Å². The van der Waals surface area contributed by atoms with E-state index in [4.69, 9.17) is 16.3 Å². The molecule has 3 unspecified atom stereocenters. The van der Waals surface area contributed by atoms with Crippen molar-refractivity contribution >= 4 is 28.3 Å². The largest absolute Gasteiger partial charge is 0.489 e. The fraction of sp³-hybridized carbons (Fsp3) is 0.607. The monoisotopic (exact) mass is 505 g/mol. The Kier molecular flexibility index (Phi) is 6.73. The summed E-state index contributed by atoms with van der Waals surface area (Å²) in [6.07, 6.45) is 5.65. The van der Waals surface area contributed by atoms with E-state index in [0.717, 1.165) is 43.4 Å². The molecule has 2 aromatic rings. The quantitative estimate of drug-likeness (QED) is 0.442. The molecule has 2 bridgehead atoms. The smallest absolute Gasteiger partial charge is 0.306 e. The summed E-state index contributed by atoms with van der Waals surface area (Å²) in [6, 6.07) is 11.1. The van der Waals surface area contributed by atoms with E-state index < -0.39 is 17.8 Å². The Bertz CT molecular complexity index is 1080. The second-order valence-electron chi connectivity index (χ2n) is 10.9. The molecule has 2 saturated heterocycles. The molecule has 7 heteroatoms. The summed E-state index contributed by atoms with van der Waals surface area (Å²) in [4.78, 5) is 14.1. The molecule has 2 heterocycles. The molecule has 3 aliphatic rings. The lowest BCUT2D eigenvalue weighted by Gasteiger charge is -2.41. The van der Waals surface area contributed by atoms with E-state index in [-0.39, 0.29) is 18.1 Å². The molecule has 2 aliphatic heterocycles. The van der Waals surface area contributed by atoms with Gasteiger partial charge in [-0.15, -0.1) is 0 Å². The summed E-state index contributed by atoms with van der Waals surface area (Å²) in [6.45, 7) is 3.22. The highest BCUT2D eigenvalue weighted by Crippen LogP contribution is 2.45. The van der Waals surface area contributed by atoms with Crippen LogP contribution in [0.3, 0.4) is 0 Å². The SMILES string of the molecule is CC(c1ccc2c(Cl)c(OC3CCC(C(C)(F)F)CC3)ccc2c1)N1C2CCC1CC(C(=O)O)C2. The van der Waals surface area contributed by atoms with Crippen LogP contribution in [0.25, 0.3) is 10.8 Å². The van der Waals surface area contributed by atoms with Crippen molar-refractivity contribution in [1.29, 1.82) is 0 Å². The average Bonchev–Trinajstić information content (AvgIpc) is 3.08. The molecule has 35 heavy (non-hydrogen) atoms. The first-order chi connectivity index (χ1) is 16.6. The highest BCUT2D eigenvalue weighted by atomic mass is 35.5. The van der Waals surface area contributed by atoms with Crippen LogP contribution in [0.15, 0.2) is 30.3 Å². The molecule has 1 saturated carbocycles. The Balaban J connectivity index is 1.29. The number of benzene rings is 2. The molecule has 0 aromatic heterocycles. The lowest BCUT2D eigenvalue weighted by Crippen LogP contribution is -2.45. The van der Waals surface area contributed by atoms with Crippen LogP contribution in [-0.2, 0) is 4.79 Å². The van der Waals surface area contributed by atoms with Gasteiger partial charge in [-0.25, -0.2) is 8.78 Å². The Labute approximate surface area is 210 Å². The van der Waals surface area contributed by atoms with Crippen molar-refractivity contribution in [2.75, 3.05) is 0 Å². The van der Waals surface area contributed by atoms with Gasteiger partial charge in [0.2, 0.25) is 5.92 Å². The molecule has 3 fully saturated rings. The fourth-order valence-corrected chi connectivity index (χ4v) is 7.01. The summed E-state index contributed by atoms with van der Waals surface area (Å²) >= 11 is 6.73. The van der Waals surface area contributed by atoms with Crippen molar-refractivity contribution in [3.8, 4) is 5.75 Å². The molecular weight excluding hydrogens is 472 g/mol. The maximum absolute atomic E-state index is 13.6. The van der Waals surface area contributed by atoms with Gasteiger partial charge in [0.1, 0.15) is 5.75 Å². The molecule has 1 aliphatic carbocycles. The highest BCUT2D eigenvalue weighted by Gasteiger charge is 2.45. The van der Waals surface area contributed by atoms with Crippen LogP contribution in [0.1, 0.15) is 76.8 Å². The second kappa shape index (κ2) is 9.51. The number of piperidine rings is 1. The summed E-state index contributed by atoms with van der Waals surface area (Å²) in [5.74, 6) is -3.48. The van der Waals surface area contributed by atoms with Crippen molar-refractivity contribution in [3.63, 3.8) is 0 Å². The summed E-state index contributed by atoms with van der Waals surface area (Å²) in [5, 5.41) is 12.0. The van der Waals surface area contributed by atoms with Crippen molar-refractivity contribution < 1.29 is 23.4 Å². The minimum Gasteiger partial charge on any atom is -0.489 e. The van der Waals surface area contributed by atoms with Crippen LogP contribution >= 0.6 is 11.6 Å². The van der Waals surface area contributed by atoms with Crippen LogP contribution in [0.4, 0.5) is 8.78 Å². The van der Waals surface area contributed by atoms with Gasteiger partial charge >= 0.3 is 5.97 Å². The summed E-state index contributed by atoms with van der Waals surface area (Å²) in [7, 11) is 0. The molecule has 0 spiro atoms. The van der Waals surface area contributed by atoms with Gasteiger partial charge in [-0.1, -0.05) is 29.8 Å². The number of ether oxygens (including phenoxy) is 1. The number of carboxylic acid groups (broad SMARTS) is 1. The van der Waals surface area contributed by atoms with Crippen molar-refractivity contribution in [3.05, 3.63) is 40.9 Å². The number of carbonyl (C=O) groups is 1. The van der Waals surface area contributed by atoms with Gasteiger partial charge in [-0.3, -0.25) is 9.69 Å². The van der Waals surface area contributed by atoms with E-state index in [0.29, 0.717) is 48.5 Å². The molecule has 3 atom stereocenters. The number of aliphatic carboxylic acids is 1. The van der Waals surface area contributed by atoms with Crippen LogP contribution in [-0.4, -0.2) is 40.1 Å². The predicted molar refractivity (Wildman–Crippen MR) is 133 cm³/mol. The molecule has 0 radical (unpaired) electrons. The number of hydrogen-bond acceptors (Lipinski definition) is 3. The third-order valence-corrected chi connectivity index (χ3v) is 9.09. The van der Waals surface area contributed by atoms with E-state index in [9.17, 15) is 18.7 Å². The molecule has 5 rings (SSSR count). The van der Waals surface area contributed by atoms with Crippen molar-refractivity contribution in [2.45, 2.75) is 95.4 Å². The van der Waals surface area contributed by atoms with Crippen LogP contribution in [0.2, 0.25) is 5.02 Å². The molecule has 1 N–H and O–H groups in total. The molecule has 0 amide bonds. The maximum Gasteiger partial charge on any atom is 0.306 e. The minimum atomic E-state index is -2.63. The Morgan fingerprint density at radius 1 is 1.09 bits per heavy atom. The normalized spacial score (nSPS) is 30.4. The minimum absolute atomic E-state index is 0.0907. The third kappa shape index (κ3) is 4.89. The Hall–Kier alpha value is -1.92. The number of fused-ring (bicyclic) bond motifs is 3. The third-order valence-electron chi connectivity index (χ3n) is 8.70. The standard InChI is InChI=1S/C28H34ClF2NO3/c1-16(32-21-7-8-22(32)15-19(14-21)27(33)34)17-3-11-24-18(13-17)4-12-25(26(24)29)35-23-9-5-20(6-10-23)28(2,30)31/h3-4,11-13,16,19-23H,5-10,14-15H2,1-2H3,(H,33,34). The van der Waals surface area contributed by atoms with E-state index in [1.807, 2.05) is 18.2 Å². The molecular formula is C28H34ClF2NO3. The zero-order valence-corrected chi connectivity index (χ0v) is 21.1. The van der Waals surface area contributed by atoms with Crippen LogP contribution < -0.4 is 4.74 Å². The van der Waals surface area contributed by atoms with E-state index in [1.165, 1.54) is 5.56 Å². The number of rotatable bonds is 6. The van der Waals surface area contributed by atoms with E-state index >= 15 is 0 Å². The van der Waals surface area contributed by atoms with Gasteiger partial charge in [-0.05, 0) is 88.3 Å². The number of hydrogen-bond donors (Lipinski definition) is 1. The zero-order valence-electron chi connectivity index (χ0n) is 20.4. The predicted octanol–water partition coefficient (Wildman–Crippen LogP) is 7.47. The zero-order chi connectivity index (χ0) is 24.9. The first kappa shape index (κ1) is 24.8. The number of alkyl halides is 2. The van der Waals surface area contributed by atoms with E-state index in [1.54, 1.807) is 0 Å². The lowest BCUT2D eigenvalue weighted by molar-refractivity contribution is -0.144. The Morgan fingerprint density at radius 2 is 1.74 bits per heavy atom. The summed E-state index contributed by atoms with van der Waals surface area (Å²) < 4.78 is 33.4. The Morgan fingerprint density at radius 3 is 2.34 bits per heavy atom. The topological polar surface area (TPSA) is 49.8 Å².